The molecule has 11 heteroatoms. The fraction of sp³-hybridized carbons (Fsp3) is 0.922. The number of hydrogen-bond acceptors (Lipinski definition) is 10. The molecule has 520 valence electrons. The van der Waals surface area contributed by atoms with E-state index < -0.39 is 49.5 Å². The number of hydrogen-bond donors (Lipinski definition) is 6. The van der Waals surface area contributed by atoms with Gasteiger partial charge < -0.3 is 45.1 Å². The van der Waals surface area contributed by atoms with Gasteiger partial charge in [0.25, 0.3) is 0 Å². The molecule has 1 amide bonds. The lowest BCUT2D eigenvalue weighted by molar-refractivity contribution is -0.302. The average molecular weight is 1250 g/mol. The molecule has 1 rings (SSSR count). The Hall–Kier alpha value is -1.86. The predicted octanol–water partition coefficient (Wildman–Crippen LogP) is 20.4. The van der Waals surface area contributed by atoms with Crippen molar-refractivity contribution in [3.05, 3.63) is 24.3 Å². The largest absolute Gasteiger partial charge is 0.466 e. The first-order valence-electron chi connectivity index (χ1n) is 38.6. The third-order valence-corrected chi connectivity index (χ3v) is 18.6. The molecule has 0 radical (unpaired) electrons. The molecule has 1 saturated heterocycles. The Morgan fingerprint density at radius 2 is 0.727 bits per heavy atom. The average Bonchev–Trinajstić information content (AvgIpc) is 3.73. The van der Waals surface area contributed by atoms with Crippen LogP contribution >= 0.6 is 0 Å². The normalized spacial score (nSPS) is 17.8. The Morgan fingerprint density at radius 3 is 1.09 bits per heavy atom. The first kappa shape index (κ1) is 84.2. The van der Waals surface area contributed by atoms with Crippen LogP contribution in [0.4, 0.5) is 0 Å². The van der Waals surface area contributed by atoms with Crippen LogP contribution in [-0.2, 0) is 23.8 Å². The molecule has 1 aliphatic heterocycles. The molecule has 0 aliphatic carbocycles. The summed E-state index contributed by atoms with van der Waals surface area (Å²) in [7, 11) is 0. The number of nitrogens with one attached hydrogen (secondary N) is 1. The molecule has 88 heavy (non-hydrogen) atoms. The van der Waals surface area contributed by atoms with E-state index in [1.165, 1.54) is 315 Å². The summed E-state index contributed by atoms with van der Waals surface area (Å²) in [6.45, 7) is 4.40. The van der Waals surface area contributed by atoms with E-state index in [4.69, 9.17) is 14.2 Å². The summed E-state index contributed by atoms with van der Waals surface area (Å²) in [5, 5.41) is 54.6. The smallest absolute Gasteiger partial charge is 0.305 e. The lowest BCUT2D eigenvalue weighted by Crippen LogP contribution is -2.60. The van der Waals surface area contributed by atoms with E-state index in [1.54, 1.807) is 6.08 Å². The molecular formula is C77H147NO10. The van der Waals surface area contributed by atoms with E-state index in [1.807, 2.05) is 6.08 Å². The highest BCUT2D eigenvalue weighted by Crippen LogP contribution is 2.24. The standard InChI is InChI=1S/C77H147NO10/c1-3-5-7-9-11-13-15-16-40-44-47-51-55-59-63-70(80)69(68-87-77-76(85)75(84)74(83)71(67-79)88-77)78-72(81)64-60-56-52-48-45-41-38-36-34-32-30-28-26-24-22-20-18-17-19-21-23-25-27-29-31-33-35-37-39-42-46-50-54-58-62-66-86-73(82)65-61-57-53-49-43-14-12-10-8-6-4-2/h19,21,59,63,69-71,74-77,79-80,83-85H,3-18,20,22-58,60-62,64-68H2,1-2H3,(H,78,81)/b21-19-,63-59+. The number of amides is 1. The van der Waals surface area contributed by atoms with Gasteiger partial charge in [0.05, 0.1) is 32.0 Å². The molecule has 1 heterocycles. The second kappa shape index (κ2) is 66.6. The van der Waals surface area contributed by atoms with Crippen LogP contribution in [0, 0.1) is 0 Å². The van der Waals surface area contributed by atoms with Gasteiger partial charge in [-0.1, -0.05) is 346 Å². The fourth-order valence-electron chi connectivity index (χ4n) is 12.5. The fourth-order valence-corrected chi connectivity index (χ4v) is 12.5. The van der Waals surface area contributed by atoms with Gasteiger partial charge in [0.15, 0.2) is 6.29 Å². The lowest BCUT2D eigenvalue weighted by Gasteiger charge is -2.40. The van der Waals surface area contributed by atoms with Crippen LogP contribution < -0.4 is 5.32 Å². The third-order valence-electron chi connectivity index (χ3n) is 18.6. The van der Waals surface area contributed by atoms with Crippen LogP contribution in [0.15, 0.2) is 24.3 Å². The molecule has 0 aromatic heterocycles. The van der Waals surface area contributed by atoms with E-state index in [-0.39, 0.29) is 18.5 Å². The number of allylic oxidation sites excluding steroid dienone is 3. The first-order chi connectivity index (χ1) is 43.2. The van der Waals surface area contributed by atoms with Crippen molar-refractivity contribution in [1.29, 1.82) is 0 Å². The van der Waals surface area contributed by atoms with Gasteiger partial charge in [0.1, 0.15) is 24.4 Å². The van der Waals surface area contributed by atoms with Gasteiger partial charge in [0, 0.05) is 12.8 Å². The Labute approximate surface area is 543 Å². The van der Waals surface area contributed by atoms with Gasteiger partial charge in [0.2, 0.25) is 5.91 Å². The van der Waals surface area contributed by atoms with E-state index in [0.29, 0.717) is 19.4 Å². The van der Waals surface area contributed by atoms with Gasteiger partial charge in [-0.05, 0) is 57.8 Å². The molecular weight excluding hydrogens is 1100 g/mol. The molecule has 11 nitrogen and oxygen atoms in total. The highest BCUT2D eigenvalue weighted by Gasteiger charge is 2.44. The van der Waals surface area contributed by atoms with Crippen molar-refractivity contribution in [1.82, 2.24) is 5.32 Å². The topological polar surface area (TPSA) is 175 Å². The maximum Gasteiger partial charge on any atom is 0.305 e. The van der Waals surface area contributed by atoms with Crippen molar-refractivity contribution >= 4 is 11.9 Å². The summed E-state index contributed by atoms with van der Waals surface area (Å²) in [6, 6.07) is -0.807. The maximum absolute atomic E-state index is 13.1. The molecule has 0 aromatic rings. The number of rotatable bonds is 69. The Bertz CT molecular complexity index is 1510. The van der Waals surface area contributed by atoms with Crippen LogP contribution in [0.3, 0.4) is 0 Å². The van der Waals surface area contributed by atoms with E-state index in [0.717, 1.165) is 51.4 Å². The molecule has 0 aromatic carbocycles. The molecule has 0 bridgehead atoms. The Balaban J connectivity index is 1.93. The predicted molar refractivity (Wildman–Crippen MR) is 371 cm³/mol. The summed E-state index contributed by atoms with van der Waals surface area (Å²) >= 11 is 0. The Morgan fingerprint density at radius 1 is 0.409 bits per heavy atom. The zero-order chi connectivity index (χ0) is 63.7. The summed E-state index contributed by atoms with van der Waals surface area (Å²) in [4.78, 5) is 25.1. The number of carbonyl (C=O) groups excluding carboxylic acids is 2. The highest BCUT2D eigenvalue weighted by atomic mass is 16.7. The molecule has 0 spiro atoms. The number of ether oxygens (including phenoxy) is 3. The first-order valence-corrected chi connectivity index (χ1v) is 38.6. The van der Waals surface area contributed by atoms with Gasteiger partial charge >= 0.3 is 5.97 Å². The van der Waals surface area contributed by atoms with Crippen molar-refractivity contribution in [3.63, 3.8) is 0 Å². The van der Waals surface area contributed by atoms with E-state index in [2.05, 4.69) is 31.3 Å². The minimum Gasteiger partial charge on any atom is -0.466 e. The third kappa shape index (κ3) is 54.7. The van der Waals surface area contributed by atoms with Gasteiger partial charge in [-0.15, -0.1) is 0 Å². The molecule has 7 atom stereocenters. The summed E-state index contributed by atoms with van der Waals surface area (Å²) in [6.07, 6.45) is 74.8. The van der Waals surface area contributed by atoms with E-state index in [9.17, 15) is 35.1 Å². The summed E-state index contributed by atoms with van der Waals surface area (Å²) in [5.41, 5.74) is 0. The van der Waals surface area contributed by atoms with Crippen molar-refractivity contribution < 1.29 is 49.3 Å². The monoisotopic (exact) mass is 1250 g/mol. The second-order valence-electron chi connectivity index (χ2n) is 27.1. The summed E-state index contributed by atoms with van der Waals surface area (Å²) < 4.78 is 16.8. The minimum atomic E-state index is -1.57. The van der Waals surface area contributed by atoms with Crippen molar-refractivity contribution in [2.24, 2.45) is 0 Å². The van der Waals surface area contributed by atoms with Crippen LogP contribution in [0.1, 0.15) is 393 Å². The highest BCUT2D eigenvalue weighted by molar-refractivity contribution is 5.76. The second-order valence-corrected chi connectivity index (χ2v) is 27.1. The lowest BCUT2D eigenvalue weighted by atomic mass is 9.99. The Kier molecular flexibility index (Phi) is 63.7. The van der Waals surface area contributed by atoms with Gasteiger partial charge in [-0.2, -0.15) is 0 Å². The van der Waals surface area contributed by atoms with Crippen molar-refractivity contribution in [2.75, 3.05) is 19.8 Å². The number of esters is 1. The van der Waals surface area contributed by atoms with Crippen molar-refractivity contribution in [3.8, 4) is 0 Å². The van der Waals surface area contributed by atoms with Gasteiger partial charge in [-0.25, -0.2) is 0 Å². The number of unbranched alkanes of at least 4 members (excludes halogenated alkanes) is 53. The molecule has 1 fully saturated rings. The minimum absolute atomic E-state index is 0.0139. The zero-order valence-electron chi connectivity index (χ0n) is 58.0. The van der Waals surface area contributed by atoms with Gasteiger partial charge in [-0.3, -0.25) is 9.59 Å². The van der Waals surface area contributed by atoms with Crippen LogP contribution in [0.5, 0.6) is 0 Å². The van der Waals surface area contributed by atoms with E-state index >= 15 is 0 Å². The van der Waals surface area contributed by atoms with Crippen LogP contribution in [0.2, 0.25) is 0 Å². The summed E-state index contributed by atoms with van der Waals surface area (Å²) in [5.74, 6) is -0.161. The zero-order valence-corrected chi connectivity index (χ0v) is 58.0. The quantitative estimate of drug-likeness (QED) is 0.0195. The molecule has 6 N–H and O–H groups in total. The van der Waals surface area contributed by atoms with Crippen LogP contribution in [0.25, 0.3) is 0 Å². The molecule has 7 unspecified atom stereocenters. The molecule has 0 saturated carbocycles. The number of aliphatic hydroxyl groups is 5. The van der Waals surface area contributed by atoms with Crippen molar-refractivity contribution in [2.45, 2.75) is 436 Å². The number of aliphatic hydroxyl groups excluding tert-OH is 5. The maximum atomic E-state index is 13.1. The SMILES string of the molecule is CCCCCCCCCCCCCC/C=C/C(O)C(COC1OC(CO)C(O)C(O)C1O)NC(=O)CCCCCCCCCCCCCCCCCCC/C=C\CCCCCCCCCCCCCCCCOC(=O)CCCCCCCCCCCCC. The molecule has 1 aliphatic rings. The number of carbonyl (C=O) groups is 2. The van der Waals surface area contributed by atoms with Crippen LogP contribution in [-0.4, -0.2) is 100 Å².